The molecule has 3 rings (SSSR count). The van der Waals surface area contributed by atoms with Crippen LogP contribution in [0, 0.1) is 5.82 Å². The van der Waals surface area contributed by atoms with Gasteiger partial charge in [0.15, 0.2) is 11.5 Å². The molecule has 31 heavy (non-hydrogen) atoms. The molecular formula is C25H26FNO3S. The van der Waals surface area contributed by atoms with Crippen LogP contribution < -0.4 is 19.5 Å². The van der Waals surface area contributed by atoms with Gasteiger partial charge in [-0.1, -0.05) is 36.5 Å². The van der Waals surface area contributed by atoms with Gasteiger partial charge in [-0.05, 0) is 66.9 Å². The minimum Gasteiger partial charge on any atom is -0.497 e. The molecule has 0 fully saturated rings. The van der Waals surface area contributed by atoms with Crippen molar-refractivity contribution in [2.75, 3.05) is 20.3 Å². The Morgan fingerprint density at radius 2 is 1.61 bits per heavy atom. The van der Waals surface area contributed by atoms with Crippen LogP contribution in [-0.4, -0.2) is 25.2 Å². The Morgan fingerprint density at radius 3 is 2.29 bits per heavy atom. The first-order chi connectivity index (χ1) is 15.1. The Bertz CT molecular complexity index is 991. The lowest BCUT2D eigenvalue weighted by Gasteiger charge is -2.15. The second-order valence-corrected chi connectivity index (χ2v) is 7.27. The largest absolute Gasteiger partial charge is 0.497 e. The number of hydrogen-bond acceptors (Lipinski definition) is 4. The highest BCUT2D eigenvalue weighted by molar-refractivity contribution is 7.80. The lowest BCUT2D eigenvalue weighted by molar-refractivity contribution is 0.269. The summed E-state index contributed by atoms with van der Waals surface area (Å²) in [5.41, 5.74) is 2.95. The normalized spacial score (nSPS) is 10.4. The Morgan fingerprint density at radius 1 is 0.903 bits per heavy atom. The SMILES string of the molecule is CCOc1cc(C(=S)NCCc2ccc(OC)cc2)ccc1OCc1ccc(F)cc1. The number of nitrogens with one attached hydrogen (secondary N) is 1. The molecule has 1 N–H and O–H groups in total. The van der Waals surface area contributed by atoms with Crippen LogP contribution in [-0.2, 0) is 13.0 Å². The van der Waals surface area contributed by atoms with Gasteiger partial charge in [-0.15, -0.1) is 0 Å². The number of benzene rings is 3. The van der Waals surface area contributed by atoms with Crippen LogP contribution in [0.15, 0.2) is 66.7 Å². The fourth-order valence-electron chi connectivity index (χ4n) is 2.99. The van der Waals surface area contributed by atoms with Crippen molar-refractivity contribution >= 4 is 17.2 Å². The first-order valence-electron chi connectivity index (χ1n) is 10.1. The zero-order valence-corrected chi connectivity index (χ0v) is 18.5. The van der Waals surface area contributed by atoms with E-state index in [-0.39, 0.29) is 5.82 Å². The average Bonchev–Trinajstić information content (AvgIpc) is 2.80. The highest BCUT2D eigenvalue weighted by Gasteiger charge is 2.10. The molecule has 162 valence electrons. The van der Waals surface area contributed by atoms with Crippen LogP contribution in [0.5, 0.6) is 17.2 Å². The van der Waals surface area contributed by atoms with Gasteiger partial charge in [-0.3, -0.25) is 0 Å². The smallest absolute Gasteiger partial charge is 0.161 e. The van der Waals surface area contributed by atoms with Crippen LogP contribution in [0.2, 0.25) is 0 Å². The van der Waals surface area contributed by atoms with Crippen molar-refractivity contribution in [1.82, 2.24) is 5.32 Å². The summed E-state index contributed by atoms with van der Waals surface area (Å²) in [6.07, 6.45) is 0.849. The van der Waals surface area contributed by atoms with Gasteiger partial charge in [-0.2, -0.15) is 0 Å². The molecule has 0 unspecified atom stereocenters. The molecule has 0 saturated carbocycles. The van der Waals surface area contributed by atoms with Gasteiger partial charge >= 0.3 is 0 Å². The highest BCUT2D eigenvalue weighted by atomic mass is 32.1. The molecule has 0 atom stereocenters. The van der Waals surface area contributed by atoms with Crippen molar-refractivity contribution in [1.29, 1.82) is 0 Å². The predicted molar refractivity (Wildman–Crippen MR) is 125 cm³/mol. The second kappa shape index (κ2) is 11.3. The monoisotopic (exact) mass is 439 g/mol. The van der Waals surface area contributed by atoms with E-state index in [1.54, 1.807) is 19.2 Å². The average molecular weight is 440 g/mol. The molecule has 3 aromatic carbocycles. The predicted octanol–water partition coefficient (Wildman–Crippen LogP) is 5.32. The maximum Gasteiger partial charge on any atom is 0.161 e. The van der Waals surface area contributed by atoms with E-state index in [0.717, 1.165) is 29.8 Å². The quantitative estimate of drug-likeness (QED) is 0.433. The maximum atomic E-state index is 13.1. The third-order valence-electron chi connectivity index (χ3n) is 4.67. The summed E-state index contributed by atoms with van der Waals surface area (Å²) in [4.78, 5) is 0.652. The zero-order chi connectivity index (χ0) is 22.1. The van der Waals surface area contributed by atoms with E-state index in [4.69, 9.17) is 26.4 Å². The van der Waals surface area contributed by atoms with Crippen LogP contribution in [0.3, 0.4) is 0 Å². The van der Waals surface area contributed by atoms with Gasteiger partial charge in [0, 0.05) is 12.1 Å². The van der Waals surface area contributed by atoms with Gasteiger partial charge < -0.3 is 19.5 Å². The highest BCUT2D eigenvalue weighted by Crippen LogP contribution is 2.29. The van der Waals surface area contributed by atoms with Crippen molar-refractivity contribution in [2.24, 2.45) is 0 Å². The Kier molecular flexibility index (Phi) is 8.24. The maximum absolute atomic E-state index is 13.1. The molecule has 0 bridgehead atoms. The van der Waals surface area contributed by atoms with E-state index in [9.17, 15) is 4.39 Å². The molecule has 6 heteroatoms. The molecule has 0 amide bonds. The molecule has 4 nitrogen and oxygen atoms in total. The fraction of sp³-hybridized carbons (Fsp3) is 0.240. The lowest BCUT2D eigenvalue weighted by atomic mass is 10.1. The van der Waals surface area contributed by atoms with Gasteiger partial charge in [-0.25, -0.2) is 4.39 Å². The number of halogens is 1. The summed E-state index contributed by atoms with van der Waals surface area (Å²) >= 11 is 5.55. The number of rotatable bonds is 10. The zero-order valence-electron chi connectivity index (χ0n) is 17.7. The van der Waals surface area contributed by atoms with E-state index in [1.807, 2.05) is 49.4 Å². The van der Waals surface area contributed by atoms with E-state index >= 15 is 0 Å². The summed E-state index contributed by atoms with van der Waals surface area (Å²) in [7, 11) is 1.66. The van der Waals surface area contributed by atoms with E-state index < -0.39 is 0 Å². The molecule has 0 radical (unpaired) electrons. The van der Waals surface area contributed by atoms with E-state index in [2.05, 4.69) is 5.32 Å². The van der Waals surface area contributed by atoms with Crippen molar-refractivity contribution < 1.29 is 18.6 Å². The molecular weight excluding hydrogens is 413 g/mol. The standard InChI is InChI=1S/C25H26FNO3S/c1-3-29-24-16-20(8-13-23(24)30-17-19-4-9-21(26)10-5-19)25(31)27-15-14-18-6-11-22(28-2)12-7-18/h4-13,16H,3,14-15,17H2,1-2H3,(H,27,31). The van der Waals surface area contributed by atoms with Crippen molar-refractivity contribution in [3.8, 4) is 17.2 Å². The molecule has 0 aliphatic heterocycles. The summed E-state index contributed by atoms with van der Waals surface area (Å²) in [6, 6.07) is 19.9. The Labute approximate surface area is 188 Å². The fourth-order valence-corrected chi connectivity index (χ4v) is 3.22. The van der Waals surface area contributed by atoms with Crippen LogP contribution in [0.4, 0.5) is 4.39 Å². The first kappa shape index (κ1) is 22.6. The first-order valence-corrected chi connectivity index (χ1v) is 10.5. The Hall–Kier alpha value is -3.12. The van der Waals surface area contributed by atoms with Crippen LogP contribution >= 0.6 is 12.2 Å². The van der Waals surface area contributed by atoms with Crippen LogP contribution in [0.1, 0.15) is 23.6 Å². The molecule has 3 aromatic rings. The molecule has 0 saturated heterocycles. The topological polar surface area (TPSA) is 39.7 Å². The summed E-state index contributed by atoms with van der Waals surface area (Å²) < 4.78 is 29.9. The molecule has 0 heterocycles. The second-order valence-electron chi connectivity index (χ2n) is 6.86. The lowest BCUT2D eigenvalue weighted by Crippen LogP contribution is -2.24. The third-order valence-corrected chi connectivity index (χ3v) is 5.05. The number of ether oxygens (including phenoxy) is 3. The molecule has 0 spiro atoms. The minimum absolute atomic E-state index is 0.267. The summed E-state index contributed by atoms with van der Waals surface area (Å²) in [6.45, 7) is 3.47. The van der Waals surface area contributed by atoms with Gasteiger partial charge in [0.1, 0.15) is 23.2 Å². The Balaban J connectivity index is 1.58. The van der Waals surface area contributed by atoms with Crippen molar-refractivity contribution in [3.63, 3.8) is 0 Å². The number of hydrogen-bond donors (Lipinski definition) is 1. The molecule has 0 aromatic heterocycles. The van der Waals surface area contributed by atoms with Crippen molar-refractivity contribution in [3.05, 3.63) is 89.2 Å². The van der Waals surface area contributed by atoms with Gasteiger partial charge in [0.25, 0.3) is 0 Å². The van der Waals surface area contributed by atoms with E-state index in [1.165, 1.54) is 17.7 Å². The minimum atomic E-state index is -0.267. The number of thiocarbonyl (C=S) groups is 1. The third kappa shape index (κ3) is 6.69. The number of methoxy groups -OCH3 is 1. The summed E-state index contributed by atoms with van der Waals surface area (Å²) in [5, 5.41) is 3.30. The van der Waals surface area contributed by atoms with Gasteiger partial charge in [0.05, 0.1) is 13.7 Å². The van der Waals surface area contributed by atoms with Crippen molar-refractivity contribution in [2.45, 2.75) is 20.0 Å². The molecule has 0 aliphatic carbocycles. The van der Waals surface area contributed by atoms with Crippen LogP contribution in [0.25, 0.3) is 0 Å². The van der Waals surface area contributed by atoms with E-state index in [0.29, 0.717) is 29.7 Å². The summed E-state index contributed by atoms with van der Waals surface area (Å²) in [5.74, 6) is 1.82. The van der Waals surface area contributed by atoms with Gasteiger partial charge in [0.2, 0.25) is 0 Å². The molecule has 0 aliphatic rings.